The van der Waals surface area contributed by atoms with Crippen LogP contribution in [0.5, 0.6) is 5.75 Å². The van der Waals surface area contributed by atoms with Crippen LogP contribution < -0.4 is 15.4 Å². The fourth-order valence-corrected chi connectivity index (χ4v) is 2.43. The second-order valence-electron chi connectivity index (χ2n) is 6.81. The van der Waals surface area contributed by atoms with Crippen molar-refractivity contribution in [3.8, 4) is 5.75 Å². The molecule has 0 saturated carbocycles. The third kappa shape index (κ3) is 4.68. The number of hydrogen-bond donors (Lipinski definition) is 2. The van der Waals surface area contributed by atoms with Gasteiger partial charge in [-0.2, -0.15) is 0 Å². The Balaban J connectivity index is 2.17. The summed E-state index contributed by atoms with van der Waals surface area (Å²) in [6.07, 6.45) is 0. The topological polar surface area (TPSA) is 93.7 Å². The Labute approximate surface area is 164 Å². The molecule has 2 N–H and O–H groups in total. The molecule has 0 aromatic heterocycles. The molecular formula is C21H24N2O5. The maximum absolute atomic E-state index is 12.8. The highest BCUT2D eigenvalue weighted by Gasteiger charge is 2.36. The number of rotatable bonds is 6. The lowest BCUT2D eigenvalue weighted by atomic mass is 9.90. The van der Waals surface area contributed by atoms with E-state index >= 15 is 0 Å². The van der Waals surface area contributed by atoms with Crippen LogP contribution in [0.15, 0.2) is 42.5 Å². The van der Waals surface area contributed by atoms with Gasteiger partial charge < -0.3 is 20.1 Å². The van der Waals surface area contributed by atoms with Gasteiger partial charge in [0.25, 0.3) is 0 Å². The van der Waals surface area contributed by atoms with Gasteiger partial charge in [-0.15, -0.1) is 0 Å². The minimum absolute atomic E-state index is 0.298. The second kappa shape index (κ2) is 8.56. The highest BCUT2D eigenvalue weighted by molar-refractivity contribution is 6.14. The first-order valence-corrected chi connectivity index (χ1v) is 8.65. The Morgan fingerprint density at radius 2 is 1.61 bits per heavy atom. The SMILES string of the molecule is COC(=O)c1cccc(NC(=O)C(C)(C)C(=O)Nc2cc(C)ccc2OC)c1. The van der Waals surface area contributed by atoms with E-state index in [1.165, 1.54) is 34.1 Å². The van der Waals surface area contributed by atoms with E-state index in [0.717, 1.165) is 5.56 Å². The van der Waals surface area contributed by atoms with E-state index in [1.807, 2.05) is 13.0 Å². The molecule has 0 fully saturated rings. The molecule has 2 aromatic carbocycles. The van der Waals surface area contributed by atoms with Crippen LogP contribution in [0.3, 0.4) is 0 Å². The van der Waals surface area contributed by atoms with Crippen molar-refractivity contribution in [2.45, 2.75) is 20.8 Å². The number of aryl methyl sites for hydroxylation is 1. The van der Waals surface area contributed by atoms with Crippen molar-refractivity contribution in [2.24, 2.45) is 5.41 Å². The summed E-state index contributed by atoms with van der Waals surface area (Å²) in [5.74, 6) is -1.02. The third-order valence-corrected chi connectivity index (χ3v) is 4.28. The molecule has 0 unspecified atom stereocenters. The van der Waals surface area contributed by atoms with Gasteiger partial charge in [0.15, 0.2) is 0 Å². The zero-order chi connectivity index (χ0) is 20.9. The van der Waals surface area contributed by atoms with Crippen molar-refractivity contribution < 1.29 is 23.9 Å². The third-order valence-electron chi connectivity index (χ3n) is 4.28. The van der Waals surface area contributed by atoms with Crippen LogP contribution in [0.25, 0.3) is 0 Å². The molecule has 28 heavy (non-hydrogen) atoms. The van der Waals surface area contributed by atoms with Crippen molar-refractivity contribution in [1.29, 1.82) is 0 Å². The summed E-state index contributed by atoms with van der Waals surface area (Å²) in [5.41, 5.74) is 0.740. The van der Waals surface area contributed by atoms with Crippen molar-refractivity contribution in [3.05, 3.63) is 53.6 Å². The minimum Gasteiger partial charge on any atom is -0.495 e. The molecule has 0 bridgehead atoms. The molecule has 0 heterocycles. The van der Waals surface area contributed by atoms with Gasteiger partial charge in [0.2, 0.25) is 11.8 Å². The van der Waals surface area contributed by atoms with E-state index in [2.05, 4.69) is 15.4 Å². The quantitative estimate of drug-likeness (QED) is 0.588. The maximum Gasteiger partial charge on any atom is 0.337 e. The van der Waals surface area contributed by atoms with Gasteiger partial charge in [-0.1, -0.05) is 12.1 Å². The van der Waals surface area contributed by atoms with Gasteiger partial charge in [-0.3, -0.25) is 9.59 Å². The maximum atomic E-state index is 12.8. The number of esters is 1. The largest absolute Gasteiger partial charge is 0.495 e. The van der Waals surface area contributed by atoms with Crippen LogP contribution >= 0.6 is 0 Å². The molecule has 7 nitrogen and oxygen atoms in total. The fourth-order valence-electron chi connectivity index (χ4n) is 2.43. The van der Waals surface area contributed by atoms with Crippen LogP contribution in [0.1, 0.15) is 29.8 Å². The standard InChI is InChI=1S/C21H24N2O5/c1-13-9-10-17(27-4)16(11-13)23-20(26)21(2,3)19(25)22-15-8-6-7-14(12-15)18(24)28-5/h6-12H,1-5H3,(H,22,25)(H,23,26). The summed E-state index contributed by atoms with van der Waals surface area (Å²) in [5, 5.41) is 5.42. The number of benzene rings is 2. The molecule has 0 spiro atoms. The summed E-state index contributed by atoms with van der Waals surface area (Å²) in [6, 6.07) is 11.7. The number of carbonyl (C=O) groups excluding carboxylic acids is 3. The summed E-state index contributed by atoms with van der Waals surface area (Å²) in [6.45, 7) is 4.93. The normalized spacial score (nSPS) is 10.8. The number of anilines is 2. The summed E-state index contributed by atoms with van der Waals surface area (Å²) < 4.78 is 9.93. The molecule has 0 aliphatic rings. The van der Waals surface area contributed by atoms with E-state index in [-0.39, 0.29) is 0 Å². The average Bonchev–Trinajstić information content (AvgIpc) is 2.67. The highest BCUT2D eigenvalue weighted by Crippen LogP contribution is 2.28. The molecule has 2 amide bonds. The second-order valence-corrected chi connectivity index (χ2v) is 6.81. The van der Waals surface area contributed by atoms with E-state index in [0.29, 0.717) is 22.7 Å². The average molecular weight is 384 g/mol. The van der Waals surface area contributed by atoms with Gasteiger partial charge in [0.1, 0.15) is 11.2 Å². The number of amides is 2. The molecule has 7 heteroatoms. The Bertz CT molecular complexity index is 905. The molecule has 2 rings (SSSR count). The van der Waals surface area contributed by atoms with E-state index in [9.17, 15) is 14.4 Å². The lowest BCUT2D eigenvalue weighted by Crippen LogP contribution is -2.41. The van der Waals surface area contributed by atoms with Crippen LogP contribution in [-0.4, -0.2) is 32.0 Å². The molecule has 148 valence electrons. The Kier molecular flexibility index (Phi) is 6.41. The zero-order valence-electron chi connectivity index (χ0n) is 16.6. The summed E-state index contributed by atoms with van der Waals surface area (Å²) >= 11 is 0. The van der Waals surface area contributed by atoms with Crippen LogP contribution in [0.4, 0.5) is 11.4 Å². The molecule has 0 aliphatic carbocycles. The molecule has 0 saturated heterocycles. The summed E-state index contributed by atoms with van der Waals surface area (Å²) in [4.78, 5) is 37.1. The molecule has 0 radical (unpaired) electrons. The minimum atomic E-state index is -1.38. The summed E-state index contributed by atoms with van der Waals surface area (Å²) in [7, 11) is 2.78. The monoisotopic (exact) mass is 384 g/mol. The number of methoxy groups -OCH3 is 2. The van der Waals surface area contributed by atoms with Crippen molar-refractivity contribution in [1.82, 2.24) is 0 Å². The molecule has 0 aliphatic heterocycles. The zero-order valence-corrected chi connectivity index (χ0v) is 16.6. The molecule has 2 aromatic rings. The first kappa shape index (κ1) is 21.0. The lowest BCUT2D eigenvalue weighted by Gasteiger charge is -2.23. The van der Waals surface area contributed by atoms with Gasteiger partial charge in [-0.25, -0.2) is 4.79 Å². The van der Waals surface area contributed by atoms with Crippen LogP contribution in [-0.2, 0) is 14.3 Å². The van der Waals surface area contributed by atoms with Gasteiger partial charge >= 0.3 is 5.97 Å². The lowest BCUT2D eigenvalue weighted by molar-refractivity contribution is -0.135. The number of hydrogen-bond acceptors (Lipinski definition) is 5. The van der Waals surface area contributed by atoms with Gasteiger partial charge in [0.05, 0.1) is 25.5 Å². The Morgan fingerprint density at radius 1 is 0.929 bits per heavy atom. The number of carbonyl (C=O) groups is 3. The Morgan fingerprint density at radius 3 is 2.25 bits per heavy atom. The first-order valence-electron chi connectivity index (χ1n) is 8.65. The van der Waals surface area contributed by atoms with Gasteiger partial charge in [0, 0.05) is 5.69 Å². The van der Waals surface area contributed by atoms with Gasteiger partial charge in [-0.05, 0) is 56.7 Å². The smallest absolute Gasteiger partial charge is 0.337 e. The predicted molar refractivity (Wildman–Crippen MR) is 107 cm³/mol. The number of nitrogens with one attached hydrogen (secondary N) is 2. The highest BCUT2D eigenvalue weighted by atomic mass is 16.5. The van der Waals surface area contributed by atoms with Crippen molar-refractivity contribution in [3.63, 3.8) is 0 Å². The molecular weight excluding hydrogens is 360 g/mol. The van der Waals surface area contributed by atoms with Crippen molar-refractivity contribution >= 4 is 29.2 Å². The van der Waals surface area contributed by atoms with Crippen molar-refractivity contribution in [2.75, 3.05) is 24.9 Å². The Hall–Kier alpha value is -3.35. The van der Waals surface area contributed by atoms with E-state index < -0.39 is 23.2 Å². The number of ether oxygens (including phenoxy) is 2. The predicted octanol–water partition coefficient (Wildman–Crippen LogP) is 3.39. The van der Waals surface area contributed by atoms with E-state index in [4.69, 9.17) is 4.74 Å². The fraction of sp³-hybridized carbons (Fsp3) is 0.286. The van der Waals surface area contributed by atoms with Crippen LogP contribution in [0, 0.1) is 12.3 Å². The first-order chi connectivity index (χ1) is 13.2. The molecule has 0 atom stereocenters. The van der Waals surface area contributed by atoms with E-state index in [1.54, 1.807) is 30.3 Å². The van der Waals surface area contributed by atoms with Crippen LogP contribution in [0.2, 0.25) is 0 Å².